The minimum Gasteiger partial charge on any atom is -0.481 e. The van der Waals surface area contributed by atoms with E-state index in [1.165, 1.54) is 20.0 Å². The van der Waals surface area contributed by atoms with Crippen molar-refractivity contribution in [3.63, 3.8) is 0 Å². The van der Waals surface area contributed by atoms with Crippen LogP contribution in [0, 0.1) is 0 Å². The molecule has 1 fully saturated rings. The van der Waals surface area contributed by atoms with E-state index in [9.17, 15) is 14.3 Å². The third-order valence-electron chi connectivity index (χ3n) is 5.23. The van der Waals surface area contributed by atoms with Crippen LogP contribution in [-0.2, 0) is 37.4 Å². The molecular formula is C22H43O10P. The van der Waals surface area contributed by atoms with Gasteiger partial charge in [0.05, 0.1) is 26.4 Å². The topological polar surface area (TPSA) is 130 Å². The summed E-state index contributed by atoms with van der Waals surface area (Å²) in [6.45, 7) is 4.45. The highest BCUT2D eigenvalue weighted by Gasteiger charge is 2.35. The number of hydrogen-bond donors (Lipinski definition) is 2. The van der Waals surface area contributed by atoms with Crippen molar-refractivity contribution in [1.82, 2.24) is 0 Å². The normalized spacial score (nSPS) is 20.5. The van der Waals surface area contributed by atoms with Gasteiger partial charge in [-0.15, -0.1) is 0 Å². The first-order chi connectivity index (χ1) is 15.6. The Morgan fingerprint density at radius 1 is 1.03 bits per heavy atom. The molecule has 1 aliphatic heterocycles. The zero-order valence-electron chi connectivity index (χ0n) is 20.4. The SMILES string of the molecule is CO[C@H](COCCCCCCCCCCCC(=O)O)COP(=O)(O)OCC1COC(C)(C)O1. The molecule has 0 aromatic carbocycles. The Morgan fingerprint density at radius 2 is 1.64 bits per heavy atom. The Morgan fingerprint density at radius 3 is 2.18 bits per heavy atom. The lowest BCUT2D eigenvalue weighted by atomic mass is 10.1. The van der Waals surface area contributed by atoms with Crippen molar-refractivity contribution in [3.8, 4) is 0 Å². The maximum atomic E-state index is 12.0. The van der Waals surface area contributed by atoms with Crippen molar-refractivity contribution >= 4 is 13.8 Å². The van der Waals surface area contributed by atoms with Crippen molar-refractivity contribution in [1.29, 1.82) is 0 Å². The Kier molecular flexibility index (Phi) is 15.6. The zero-order chi connectivity index (χ0) is 24.6. The number of unbranched alkanes of at least 4 members (excludes halogenated alkanes) is 8. The molecule has 0 saturated carbocycles. The average Bonchev–Trinajstić information content (AvgIpc) is 3.10. The highest BCUT2D eigenvalue weighted by atomic mass is 31.2. The second-order valence-electron chi connectivity index (χ2n) is 8.77. The summed E-state index contributed by atoms with van der Waals surface area (Å²) >= 11 is 0. The van der Waals surface area contributed by atoms with Gasteiger partial charge in [-0.3, -0.25) is 13.8 Å². The summed E-state index contributed by atoms with van der Waals surface area (Å²) in [5, 5.41) is 8.59. The quantitative estimate of drug-likeness (QED) is 0.175. The van der Waals surface area contributed by atoms with E-state index in [1.54, 1.807) is 13.8 Å². The van der Waals surface area contributed by atoms with Gasteiger partial charge in [-0.2, -0.15) is 0 Å². The smallest absolute Gasteiger partial charge is 0.472 e. The van der Waals surface area contributed by atoms with E-state index in [2.05, 4.69) is 0 Å². The summed E-state index contributed by atoms with van der Waals surface area (Å²) in [7, 11) is -2.73. The number of aliphatic carboxylic acids is 1. The number of carboxylic acid groups (broad SMARTS) is 1. The van der Waals surface area contributed by atoms with E-state index < -0.39 is 31.8 Å². The van der Waals surface area contributed by atoms with Crippen molar-refractivity contribution in [3.05, 3.63) is 0 Å². The summed E-state index contributed by atoms with van der Waals surface area (Å²) in [5.74, 6) is -1.44. The van der Waals surface area contributed by atoms with Crippen LogP contribution in [0.3, 0.4) is 0 Å². The maximum absolute atomic E-state index is 12.0. The van der Waals surface area contributed by atoms with E-state index >= 15 is 0 Å². The van der Waals surface area contributed by atoms with E-state index in [0.717, 1.165) is 44.9 Å². The fraction of sp³-hybridized carbons (Fsp3) is 0.955. The third kappa shape index (κ3) is 16.6. The number of ether oxygens (including phenoxy) is 4. The molecule has 196 valence electrons. The van der Waals surface area contributed by atoms with Crippen LogP contribution in [0.4, 0.5) is 0 Å². The molecule has 1 aliphatic rings. The van der Waals surface area contributed by atoms with Crippen molar-refractivity contribution < 1.29 is 47.4 Å². The fourth-order valence-electron chi connectivity index (χ4n) is 3.35. The Balaban J connectivity index is 1.98. The Hall–Kier alpha value is -0.580. The number of methoxy groups -OCH3 is 1. The molecule has 0 aromatic heterocycles. The van der Waals surface area contributed by atoms with Gasteiger partial charge < -0.3 is 28.9 Å². The molecule has 1 rings (SSSR count). The van der Waals surface area contributed by atoms with Crippen molar-refractivity contribution in [2.75, 3.05) is 40.1 Å². The van der Waals surface area contributed by atoms with Crippen LogP contribution in [0.1, 0.15) is 78.1 Å². The third-order valence-corrected chi connectivity index (χ3v) is 6.18. The Labute approximate surface area is 197 Å². The number of phosphoric ester groups is 1. The van der Waals surface area contributed by atoms with Crippen LogP contribution in [0.5, 0.6) is 0 Å². The molecule has 1 heterocycles. The number of carbonyl (C=O) groups is 1. The second-order valence-corrected chi connectivity index (χ2v) is 10.2. The van der Waals surface area contributed by atoms with E-state index in [1.807, 2.05) is 0 Å². The van der Waals surface area contributed by atoms with E-state index in [-0.39, 0.29) is 32.8 Å². The first kappa shape index (κ1) is 30.5. The molecule has 10 nitrogen and oxygen atoms in total. The second kappa shape index (κ2) is 16.9. The highest BCUT2D eigenvalue weighted by Crippen LogP contribution is 2.44. The minimum absolute atomic E-state index is 0.101. The van der Waals surface area contributed by atoms with Crippen LogP contribution in [0.25, 0.3) is 0 Å². The highest BCUT2D eigenvalue weighted by molar-refractivity contribution is 7.47. The van der Waals surface area contributed by atoms with Gasteiger partial charge in [0.15, 0.2) is 5.79 Å². The molecular weight excluding hydrogens is 455 g/mol. The van der Waals surface area contributed by atoms with Gasteiger partial charge in [-0.25, -0.2) is 4.57 Å². The van der Waals surface area contributed by atoms with Crippen molar-refractivity contribution in [2.24, 2.45) is 0 Å². The lowest BCUT2D eigenvalue weighted by Gasteiger charge is -2.20. The first-order valence-corrected chi connectivity index (χ1v) is 13.4. The standard InChI is InChI=1S/C22H43O10P/c1-22(2)29-16-20(32-22)18-31-33(25,26)30-17-19(27-3)15-28-14-12-10-8-6-4-5-7-9-11-13-21(23)24/h19-20H,4-18H2,1-3H3,(H,23,24)(H,25,26)/t19-,20?/m1/s1. The van der Waals surface area contributed by atoms with Crippen LogP contribution in [-0.4, -0.2) is 74.1 Å². The van der Waals surface area contributed by atoms with Crippen LogP contribution < -0.4 is 0 Å². The summed E-state index contributed by atoms with van der Waals surface area (Å²) in [6.07, 6.45) is 8.92. The summed E-state index contributed by atoms with van der Waals surface area (Å²) in [4.78, 5) is 20.3. The van der Waals surface area contributed by atoms with Gasteiger partial charge in [0.1, 0.15) is 12.2 Å². The molecule has 0 aliphatic carbocycles. The van der Waals surface area contributed by atoms with Crippen LogP contribution >= 0.6 is 7.82 Å². The van der Waals surface area contributed by atoms with Crippen molar-refractivity contribution in [2.45, 2.75) is 96.1 Å². The predicted octanol–water partition coefficient (Wildman–Crippen LogP) is 4.29. The molecule has 1 saturated heterocycles. The number of carboxylic acids is 1. The molecule has 0 aromatic rings. The van der Waals surface area contributed by atoms with Gasteiger partial charge in [0, 0.05) is 20.1 Å². The van der Waals surface area contributed by atoms with E-state index in [4.69, 9.17) is 33.1 Å². The summed E-state index contributed by atoms with van der Waals surface area (Å²) in [5.41, 5.74) is 0. The van der Waals surface area contributed by atoms with Crippen LogP contribution in [0.15, 0.2) is 0 Å². The average molecular weight is 499 g/mol. The monoisotopic (exact) mass is 498 g/mol. The van der Waals surface area contributed by atoms with E-state index in [0.29, 0.717) is 6.61 Å². The van der Waals surface area contributed by atoms with Gasteiger partial charge in [-0.1, -0.05) is 44.9 Å². The molecule has 0 spiro atoms. The molecule has 3 atom stereocenters. The lowest BCUT2D eigenvalue weighted by Crippen LogP contribution is -2.25. The fourth-order valence-corrected chi connectivity index (χ4v) is 4.14. The number of phosphoric acid groups is 1. The molecule has 2 unspecified atom stereocenters. The van der Waals surface area contributed by atoms with Crippen LogP contribution in [0.2, 0.25) is 0 Å². The van der Waals surface area contributed by atoms with Gasteiger partial charge >= 0.3 is 13.8 Å². The largest absolute Gasteiger partial charge is 0.481 e. The number of hydrogen-bond acceptors (Lipinski definition) is 8. The first-order valence-electron chi connectivity index (χ1n) is 11.9. The van der Waals surface area contributed by atoms with Gasteiger partial charge in [0.25, 0.3) is 0 Å². The molecule has 2 N–H and O–H groups in total. The molecule has 33 heavy (non-hydrogen) atoms. The number of rotatable bonds is 21. The molecule has 0 radical (unpaired) electrons. The summed E-state index contributed by atoms with van der Waals surface area (Å²) < 4.78 is 43.8. The molecule has 0 amide bonds. The molecule has 0 bridgehead atoms. The zero-order valence-corrected chi connectivity index (χ0v) is 21.3. The van der Waals surface area contributed by atoms with Gasteiger partial charge in [0.2, 0.25) is 0 Å². The summed E-state index contributed by atoms with van der Waals surface area (Å²) in [6, 6.07) is 0. The lowest BCUT2D eigenvalue weighted by molar-refractivity contribution is -0.142. The maximum Gasteiger partial charge on any atom is 0.472 e. The predicted molar refractivity (Wildman–Crippen MR) is 122 cm³/mol. The minimum atomic E-state index is -4.23. The molecule has 11 heteroatoms. The Bertz CT molecular complexity index is 571. The van der Waals surface area contributed by atoms with Gasteiger partial charge in [-0.05, 0) is 26.7 Å².